The molecule has 0 aliphatic rings. The van der Waals surface area contributed by atoms with E-state index in [4.69, 9.17) is 9.47 Å². The molecule has 0 saturated carbocycles. The molecule has 0 heterocycles. The van der Waals surface area contributed by atoms with Crippen molar-refractivity contribution in [3.63, 3.8) is 0 Å². The minimum atomic E-state index is -0.922. The smallest absolute Gasteiger partial charge is 0.329 e. The van der Waals surface area contributed by atoms with E-state index >= 15 is 0 Å². The molecule has 36 heavy (non-hydrogen) atoms. The van der Waals surface area contributed by atoms with E-state index in [-0.39, 0.29) is 12.3 Å². The van der Waals surface area contributed by atoms with Crippen molar-refractivity contribution in [2.24, 2.45) is 5.92 Å². The number of esters is 1. The van der Waals surface area contributed by atoms with Crippen molar-refractivity contribution in [3.05, 3.63) is 65.7 Å². The summed E-state index contributed by atoms with van der Waals surface area (Å²) in [6.07, 6.45) is 0.654. The van der Waals surface area contributed by atoms with Crippen LogP contribution in [0.3, 0.4) is 0 Å². The van der Waals surface area contributed by atoms with Crippen molar-refractivity contribution in [2.75, 3.05) is 7.05 Å². The standard InChI is InChI=1S/C28H39N3O5/c1-19(2)16-23(31-27(34)29-6)25(32)30-24(26(33)36-28(3,4)5)17-20-12-14-22(15-13-20)35-18-21-10-8-7-9-11-21/h7-15,19,23-24H,16-18H2,1-6H3,(H,30,32)(H2,29,31,34). The molecule has 2 rings (SSSR count). The molecule has 3 N–H and O–H groups in total. The lowest BCUT2D eigenvalue weighted by atomic mass is 10.0. The quantitative estimate of drug-likeness (QED) is 0.407. The molecule has 0 aliphatic heterocycles. The van der Waals surface area contributed by atoms with Crippen LogP contribution in [0.4, 0.5) is 4.79 Å². The van der Waals surface area contributed by atoms with Gasteiger partial charge in [0.15, 0.2) is 0 Å². The highest BCUT2D eigenvalue weighted by atomic mass is 16.6. The van der Waals surface area contributed by atoms with Gasteiger partial charge in [0, 0.05) is 13.5 Å². The van der Waals surface area contributed by atoms with Crippen LogP contribution in [0.15, 0.2) is 54.6 Å². The molecule has 196 valence electrons. The molecule has 0 fully saturated rings. The summed E-state index contributed by atoms with van der Waals surface area (Å²) in [6, 6.07) is 15.1. The predicted molar refractivity (Wildman–Crippen MR) is 140 cm³/mol. The second-order valence-corrected chi connectivity index (χ2v) is 10.1. The summed E-state index contributed by atoms with van der Waals surface area (Å²) in [5.74, 6) is -0.122. The third-order valence-electron chi connectivity index (χ3n) is 5.18. The van der Waals surface area contributed by atoms with E-state index in [1.807, 2.05) is 68.4 Å². The van der Waals surface area contributed by atoms with Crippen molar-refractivity contribution < 1.29 is 23.9 Å². The Balaban J connectivity index is 2.13. The van der Waals surface area contributed by atoms with Crippen LogP contribution < -0.4 is 20.7 Å². The molecule has 2 aromatic rings. The summed E-state index contributed by atoms with van der Waals surface area (Å²) in [4.78, 5) is 38.0. The number of amides is 3. The van der Waals surface area contributed by atoms with Crippen molar-refractivity contribution in [1.82, 2.24) is 16.0 Å². The zero-order valence-corrected chi connectivity index (χ0v) is 22.1. The lowest BCUT2D eigenvalue weighted by Crippen LogP contribution is -2.54. The highest BCUT2D eigenvalue weighted by Crippen LogP contribution is 2.17. The molecule has 2 unspecified atom stereocenters. The van der Waals surface area contributed by atoms with E-state index in [2.05, 4.69) is 16.0 Å². The van der Waals surface area contributed by atoms with Gasteiger partial charge in [-0.25, -0.2) is 9.59 Å². The monoisotopic (exact) mass is 497 g/mol. The third kappa shape index (κ3) is 10.4. The number of benzene rings is 2. The molecule has 0 aliphatic carbocycles. The Morgan fingerprint density at radius 1 is 0.861 bits per heavy atom. The molecular formula is C28H39N3O5. The summed E-state index contributed by atoms with van der Waals surface area (Å²) in [6.45, 7) is 9.69. The van der Waals surface area contributed by atoms with Gasteiger partial charge in [-0.2, -0.15) is 0 Å². The Kier molecular flexibility index (Phi) is 10.8. The second-order valence-electron chi connectivity index (χ2n) is 10.1. The van der Waals surface area contributed by atoms with Gasteiger partial charge in [-0.3, -0.25) is 4.79 Å². The van der Waals surface area contributed by atoms with Crippen molar-refractivity contribution in [1.29, 1.82) is 0 Å². The van der Waals surface area contributed by atoms with Crippen LogP contribution in [0.5, 0.6) is 5.75 Å². The first-order valence-corrected chi connectivity index (χ1v) is 12.2. The average molecular weight is 498 g/mol. The van der Waals surface area contributed by atoms with Crippen molar-refractivity contribution in [2.45, 2.75) is 71.8 Å². The van der Waals surface area contributed by atoms with Crippen LogP contribution in [-0.4, -0.2) is 42.6 Å². The molecule has 3 amide bonds. The maximum Gasteiger partial charge on any atom is 0.329 e. The predicted octanol–water partition coefficient (Wildman–Crippen LogP) is 3.98. The van der Waals surface area contributed by atoms with Gasteiger partial charge in [0.2, 0.25) is 5.91 Å². The first kappa shape index (κ1) is 28.7. The van der Waals surface area contributed by atoms with E-state index in [0.29, 0.717) is 18.8 Å². The number of urea groups is 1. The zero-order valence-electron chi connectivity index (χ0n) is 22.1. The van der Waals surface area contributed by atoms with Gasteiger partial charge >= 0.3 is 12.0 Å². The van der Waals surface area contributed by atoms with Crippen LogP contribution in [0.25, 0.3) is 0 Å². The van der Waals surface area contributed by atoms with Crippen LogP contribution in [0.2, 0.25) is 0 Å². The Morgan fingerprint density at radius 3 is 2.06 bits per heavy atom. The first-order chi connectivity index (χ1) is 17.0. The Labute approximate surface area is 214 Å². The van der Waals surface area contributed by atoms with E-state index < -0.39 is 35.6 Å². The highest BCUT2D eigenvalue weighted by Gasteiger charge is 2.30. The number of ether oxygens (including phenoxy) is 2. The van der Waals surface area contributed by atoms with Gasteiger partial charge in [0.05, 0.1) is 0 Å². The van der Waals surface area contributed by atoms with Crippen molar-refractivity contribution >= 4 is 17.9 Å². The summed E-state index contributed by atoms with van der Waals surface area (Å²) in [5, 5.41) is 7.92. The lowest BCUT2D eigenvalue weighted by Gasteiger charge is -2.27. The summed E-state index contributed by atoms with van der Waals surface area (Å²) in [7, 11) is 1.48. The first-order valence-electron chi connectivity index (χ1n) is 12.2. The minimum Gasteiger partial charge on any atom is -0.489 e. The van der Waals surface area contributed by atoms with E-state index in [1.54, 1.807) is 20.8 Å². The molecule has 0 radical (unpaired) electrons. The molecule has 0 bridgehead atoms. The molecular weight excluding hydrogens is 458 g/mol. The largest absolute Gasteiger partial charge is 0.489 e. The number of hydrogen-bond acceptors (Lipinski definition) is 5. The normalized spacial score (nSPS) is 12.9. The SMILES string of the molecule is CNC(=O)NC(CC(C)C)C(=O)NC(Cc1ccc(OCc2ccccc2)cc1)C(=O)OC(C)(C)C. The molecule has 8 heteroatoms. The third-order valence-corrected chi connectivity index (χ3v) is 5.18. The molecule has 2 atom stereocenters. The topological polar surface area (TPSA) is 106 Å². The highest BCUT2D eigenvalue weighted by molar-refractivity contribution is 5.90. The van der Waals surface area contributed by atoms with E-state index in [0.717, 1.165) is 11.1 Å². The van der Waals surface area contributed by atoms with Crippen molar-refractivity contribution in [3.8, 4) is 5.75 Å². The van der Waals surface area contributed by atoms with Gasteiger partial charge in [-0.1, -0.05) is 56.3 Å². The van der Waals surface area contributed by atoms with E-state index in [9.17, 15) is 14.4 Å². The maximum atomic E-state index is 13.1. The average Bonchev–Trinajstić information content (AvgIpc) is 2.81. The fourth-order valence-electron chi connectivity index (χ4n) is 3.47. The number of rotatable bonds is 11. The van der Waals surface area contributed by atoms with Gasteiger partial charge in [-0.05, 0) is 56.4 Å². The zero-order chi connectivity index (χ0) is 26.7. The van der Waals surface area contributed by atoms with Gasteiger partial charge in [0.1, 0.15) is 30.0 Å². The molecule has 2 aromatic carbocycles. The number of hydrogen-bond donors (Lipinski definition) is 3. The van der Waals surface area contributed by atoms with Crippen LogP contribution in [-0.2, 0) is 27.4 Å². The summed E-state index contributed by atoms with van der Waals surface area (Å²) in [5.41, 5.74) is 1.18. The Bertz CT molecular complexity index is 984. The molecule has 0 saturated heterocycles. The second kappa shape index (κ2) is 13.5. The van der Waals surface area contributed by atoms with Crippen LogP contribution >= 0.6 is 0 Å². The number of nitrogens with one attached hydrogen (secondary N) is 3. The Morgan fingerprint density at radius 2 is 1.50 bits per heavy atom. The Hall–Kier alpha value is -3.55. The van der Waals surface area contributed by atoms with Gasteiger partial charge in [-0.15, -0.1) is 0 Å². The fraction of sp³-hybridized carbons (Fsp3) is 0.464. The summed E-state index contributed by atoms with van der Waals surface area (Å²) >= 11 is 0. The molecule has 8 nitrogen and oxygen atoms in total. The number of carbonyl (C=O) groups excluding carboxylic acids is 3. The van der Waals surface area contributed by atoms with E-state index in [1.165, 1.54) is 7.05 Å². The maximum absolute atomic E-state index is 13.1. The van der Waals surface area contributed by atoms with Gasteiger partial charge < -0.3 is 25.4 Å². The van der Waals surface area contributed by atoms with Gasteiger partial charge in [0.25, 0.3) is 0 Å². The molecule has 0 aromatic heterocycles. The lowest BCUT2D eigenvalue weighted by molar-refractivity contribution is -0.158. The van der Waals surface area contributed by atoms with Crippen LogP contribution in [0.1, 0.15) is 52.2 Å². The molecule has 0 spiro atoms. The minimum absolute atomic E-state index is 0.154. The van der Waals surface area contributed by atoms with Crippen LogP contribution in [0, 0.1) is 5.92 Å². The summed E-state index contributed by atoms with van der Waals surface area (Å²) < 4.78 is 11.4. The fourth-order valence-corrected chi connectivity index (χ4v) is 3.47. The number of carbonyl (C=O) groups is 3.